The van der Waals surface area contributed by atoms with Crippen molar-refractivity contribution in [3.8, 4) is 5.75 Å². The predicted octanol–water partition coefficient (Wildman–Crippen LogP) is 4.52. The van der Waals surface area contributed by atoms with Crippen LogP contribution in [0.15, 0.2) is 78.9 Å². The number of aliphatic hydroxyl groups is 1. The minimum Gasteiger partial charge on any atom is -0.494 e. The van der Waals surface area contributed by atoms with Gasteiger partial charge >= 0.3 is 0 Å². The van der Waals surface area contributed by atoms with Gasteiger partial charge in [0.1, 0.15) is 12.4 Å². The number of carbonyl (C=O) groups is 2. The number of hydrogen-bond donors (Lipinski definition) is 2. The number of anilines is 1. The number of benzene rings is 3. The lowest BCUT2D eigenvalue weighted by atomic mass is 10.1. The van der Waals surface area contributed by atoms with E-state index < -0.39 is 12.4 Å². The average molecular weight is 403 g/mol. The largest absolute Gasteiger partial charge is 0.494 e. The summed E-state index contributed by atoms with van der Waals surface area (Å²) >= 11 is 0. The summed E-state index contributed by atoms with van der Waals surface area (Å²) < 4.78 is 5.76. The van der Waals surface area contributed by atoms with Crippen LogP contribution in [-0.2, 0) is 6.42 Å². The molecule has 5 heteroatoms. The molecule has 154 valence electrons. The molecule has 0 aliphatic rings. The van der Waals surface area contributed by atoms with Crippen molar-refractivity contribution in [2.24, 2.45) is 0 Å². The number of rotatable bonds is 10. The number of aryl methyl sites for hydroxylation is 1. The summed E-state index contributed by atoms with van der Waals surface area (Å²) in [7, 11) is 0. The van der Waals surface area contributed by atoms with Gasteiger partial charge in [0.2, 0.25) is 0 Å². The number of ketones is 1. The highest BCUT2D eigenvalue weighted by Crippen LogP contribution is 2.16. The first kappa shape index (κ1) is 21.3. The molecule has 2 N–H and O–H groups in total. The summed E-state index contributed by atoms with van der Waals surface area (Å²) in [6, 6.07) is 23.8. The Labute approximate surface area is 176 Å². The molecule has 0 saturated carbocycles. The van der Waals surface area contributed by atoms with Gasteiger partial charge in [-0.15, -0.1) is 0 Å². The number of hydrogen-bond acceptors (Lipinski definition) is 4. The fourth-order valence-electron chi connectivity index (χ4n) is 3.03. The molecule has 0 aromatic heterocycles. The van der Waals surface area contributed by atoms with Crippen LogP contribution < -0.4 is 10.1 Å². The van der Waals surface area contributed by atoms with Crippen molar-refractivity contribution >= 4 is 17.4 Å². The third-order valence-electron chi connectivity index (χ3n) is 4.67. The van der Waals surface area contributed by atoms with Gasteiger partial charge < -0.3 is 15.2 Å². The van der Waals surface area contributed by atoms with Gasteiger partial charge in [-0.2, -0.15) is 0 Å². The van der Waals surface area contributed by atoms with Gasteiger partial charge in [0, 0.05) is 16.8 Å². The molecule has 3 aromatic rings. The summed E-state index contributed by atoms with van der Waals surface area (Å²) in [5.41, 5.74) is 2.67. The van der Waals surface area contributed by atoms with E-state index in [9.17, 15) is 9.59 Å². The Kier molecular flexibility index (Phi) is 7.75. The van der Waals surface area contributed by atoms with Crippen LogP contribution in [0.25, 0.3) is 0 Å². The molecule has 0 radical (unpaired) electrons. The molecule has 0 aliphatic heterocycles. The Morgan fingerprint density at radius 1 is 0.833 bits per heavy atom. The van der Waals surface area contributed by atoms with Crippen molar-refractivity contribution in [3.05, 3.63) is 95.6 Å². The fraction of sp³-hybridized carbons (Fsp3) is 0.200. The highest BCUT2D eigenvalue weighted by atomic mass is 16.5. The maximum Gasteiger partial charge on any atom is 0.255 e. The second-order valence-electron chi connectivity index (χ2n) is 6.93. The second kappa shape index (κ2) is 10.9. The van der Waals surface area contributed by atoms with E-state index in [0.29, 0.717) is 23.4 Å². The minimum atomic E-state index is -0.564. The zero-order valence-corrected chi connectivity index (χ0v) is 16.7. The summed E-state index contributed by atoms with van der Waals surface area (Å²) in [6.45, 7) is 0.0647. The van der Waals surface area contributed by atoms with Crippen molar-refractivity contribution in [1.82, 2.24) is 0 Å². The molecule has 0 aliphatic carbocycles. The lowest BCUT2D eigenvalue weighted by Gasteiger charge is -2.09. The molecule has 1 amide bonds. The smallest absolute Gasteiger partial charge is 0.255 e. The molecule has 0 spiro atoms. The van der Waals surface area contributed by atoms with Gasteiger partial charge in [0.15, 0.2) is 5.78 Å². The van der Waals surface area contributed by atoms with Crippen molar-refractivity contribution in [3.63, 3.8) is 0 Å². The zero-order chi connectivity index (χ0) is 21.2. The van der Waals surface area contributed by atoms with E-state index in [1.165, 1.54) is 5.56 Å². The van der Waals surface area contributed by atoms with E-state index in [2.05, 4.69) is 29.6 Å². The number of aliphatic hydroxyl groups excluding tert-OH is 1. The summed E-state index contributed by atoms with van der Waals surface area (Å²) in [5, 5.41) is 11.7. The average Bonchev–Trinajstić information content (AvgIpc) is 2.79. The van der Waals surface area contributed by atoms with Gasteiger partial charge in [0.05, 0.1) is 6.61 Å². The van der Waals surface area contributed by atoms with Gasteiger partial charge in [-0.05, 0) is 61.2 Å². The molecular formula is C25H25NO4. The third kappa shape index (κ3) is 6.29. The lowest BCUT2D eigenvalue weighted by Crippen LogP contribution is -2.13. The van der Waals surface area contributed by atoms with Gasteiger partial charge in [0.25, 0.3) is 5.91 Å². The van der Waals surface area contributed by atoms with Crippen LogP contribution in [0.2, 0.25) is 0 Å². The first-order valence-electron chi connectivity index (χ1n) is 9.98. The van der Waals surface area contributed by atoms with Crippen molar-refractivity contribution < 1.29 is 19.4 Å². The van der Waals surface area contributed by atoms with E-state index in [1.54, 1.807) is 48.5 Å². The predicted molar refractivity (Wildman–Crippen MR) is 117 cm³/mol. The van der Waals surface area contributed by atoms with Crippen LogP contribution >= 0.6 is 0 Å². The van der Waals surface area contributed by atoms with E-state index >= 15 is 0 Å². The first-order valence-corrected chi connectivity index (χ1v) is 9.98. The fourth-order valence-corrected chi connectivity index (χ4v) is 3.03. The Morgan fingerprint density at radius 3 is 2.33 bits per heavy atom. The number of carbonyl (C=O) groups excluding carboxylic acids is 2. The normalized spacial score (nSPS) is 10.4. The van der Waals surface area contributed by atoms with E-state index in [4.69, 9.17) is 9.84 Å². The quantitative estimate of drug-likeness (QED) is 0.386. The van der Waals surface area contributed by atoms with Crippen LogP contribution in [0.3, 0.4) is 0 Å². The molecule has 5 nitrogen and oxygen atoms in total. The minimum absolute atomic E-state index is 0.280. The van der Waals surface area contributed by atoms with Crippen LogP contribution in [0, 0.1) is 0 Å². The van der Waals surface area contributed by atoms with E-state index in [-0.39, 0.29) is 5.91 Å². The monoisotopic (exact) mass is 403 g/mol. The van der Waals surface area contributed by atoms with Crippen molar-refractivity contribution in [2.45, 2.75) is 19.3 Å². The van der Waals surface area contributed by atoms with Crippen molar-refractivity contribution in [1.29, 1.82) is 0 Å². The Morgan fingerprint density at radius 2 is 1.60 bits per heavy atom. The number of nitrogens with one attached hydrogen (secondary N) is 1. The summed E-state index contributed by atoms with van der Waals surface area (Å²) in [4.78, 5) is 24.0. The molecule has 3 rings (SSSR count). The van der Waals surface area contributed by atoms with Crippen molar-refractivity contribution in [2.75, 3.05) is 18.5 Å². The van der Waals surface area contributed by atoms with Gasteiger partial charge in [-0.25, -0.2) is 0 Å². The number of amides is 1. The van der Waals surface area contributed by atoms with Crippen LogP contribution in [0.1, 0.15) is 39.1 Å². The first-order chi connectivity index (χ1) is 14.7. The van der Waals surface area contributed by atoms with Crippen LogP contribution in [-0.4, -0.2) is 30.0 Å². The number of ether oxygens (including phenoxy) is 1. The second-order valence-corrected chi connectivity index (χ2v) is 6.93. The molecule has 0 saturated heterocycles. The molecule has 0 fully saturated rings. The molecule has 0 heterocycles. The maximum atomic E-state index is 12.4. The molecule has 0 atom stereocenters. The molecule has 0 unspecified atom stereocenters. The van der Waals surface area contributed by atoms with Gasteiger partial charge in [-0.1, -0.05) is 42.5 Å². The van der Waals surface area contributed by atoms with Gasteiger partial charge in [-0.3, -0.25) is 9.59 Å². The SMILES string of the molecule is O=C(CO)c1cccc(NC(=O)c2ccc(OCCCCc3ccccc3)cc2)c1. The Bertz CT molecular complexity index is 968. The Balaban J connectivity index is 1.45. The molecule has 3 aromatic carbocycles. The van der Waals surface area contributed by atoms with E-state index in [0.717, 1.165) is 25.0 Å². The van der Waals surface area contributed by atoms with Crippen LogP contribution in [0.4, 0.5) is 5.69 Å². The molecule has 0 bridgehead atoms. The zero-order valence-electron chi connectivity index (χ0n) is 16.7. The topological polar surface area (TPSA) is 75.6 Å². The Hall–Kier alpha value is -3.44. The number of Topliss-reactive ketones (excluding diaryl/α,β-unsaturated/α-hetero) is 1. The lowest BCUT2D eigenvalue weighted by molar-refractivity contribution is 0.0903. The molecule has 30 heavy (non-hydrogen) atoms. The number of unbranched alkanes of at least 4 members (excludes halogenated alkanes) is 1. The highest BCUT2D eigenvalue weighted by molar-refractivity contribution is 6.05. The third-order valence-corrected chi connectivity index (χ3v) is 4.67. The standard InChI is InChI=1S/C25H25NO4/c27-18-24(28)21-10-6-11-22(17-21)26-25(29)20-12-14-23(15-13-20)30-16-5-4-9-19-7-2-1-3-8-19/h1-3,6-8,10-15,17,27H,4-5,9,16,18H2,(H,26,29). The highest BCUT2D eigenvalue weighted by Gasteiger charge is 2.09. The summed E-state index contributed by atoms with van der Waals surface area (Å²) in [6.07, 6.45) is 3.05. The van der Waals surface area contributed by atoms with E-state index in [1.807, 2.05) is 6.07 Å². The summed E-state index contributed by atoms with van der Waals surface area (Å²) in [5.74, 6) is 0.0520. The maximum absolute atomic E-state index is 12.4. The molecular weight excluding hydrogens is 378 g/mol. The van der Waals surface area contributed by atoms with Crippen LogP contribution in [0.5, 0.6) is 5.75 Å².